The van der Waals surface area contributed by atoms with Crippen LogP contribution < -0.4 is 9.47 Å². The van der Waals surface area contributed by atoms with Gasteiger partial charge in [0, 0.05) is 21.7 Å². The lowest BCUT2D eigenvalue weighted by Gasteiger charge is -2.11. The minimum atomic E-state index is -0.0804. The molecule has 0 unspecified atom stereocenters. The Kier molecular flexibility index (Phi) is 4.57. The number of hydrogen-bond donors (Lipinski definition) is 0. The molecule has 24 heavy (non-hydrogen) atoms. The first-order valence-corrected chi connectivity index (χ1v) is 8.24. The quantitative estimate of drug-likeness (QED) is 0.652. The summed E-state index contributed by atoms with van der Waals surface area (Å²) < 4.78 is 11.5. The van der Waals surface area contributed by atoms with Gasteiger partial charge in [0.2, 0.25) is 5.78 Å². The lowest BCUT2D eigenvalue weighted by Crippen LogP contribution is -2.01. The molecule has 0 N–H and O–H groups in total. The molecule has 124 valence electrons. The third-order valence-corrected chi connectivity index (χ3v) is 4.53. The van der Waals surface area contributed by atoms with Crippen molar-refractivity contribution in [2.45, 2.75) is 27.4 Å². The van der Waals surface area contributed by atoms with Crippen LogP contribution in [0.4, 0.5) is 0 Å². The first-order valence-electron chi connectivity index (χ1n) is 7.49. The summed E-state index contributed by atoms with van der Waals surface area (Å²) >= 11 is 12.3. The Morgan fingerprint density at radius 2 is 1.83 bits per heavy atom. The van der Waals surface area contributed by atoms with E-state index in [4.69, 9.17) is 32.7 Å². The molecule has 0 saturated carbocycles. The zero-order valence-corrected chi connectivity index (χ0v) is 15.1. The van der Waals surface area contributed by atoms with Crippen LogP contribution in [0, 0.1) is 6.92 Å². The number of benzene rings is 2. The van der Waals surface area contributed by atoms with E-state index in [0.29, 0.717) is 32.9 Å². The number of halogens is 2. The summed E-state index contributed by atoms with van der Waals surface area (Å²) in [6.07, 6.45) is 0. The number of carbonyl (C=O) groups is 1. The number of hydrogen-bond acceptors (Lipinski definition) is 3. The third kappa shape index (κ3) is 3.02. The molecule has 1 aliphatic rings. The number of ether oxygens (including phenoxy) is 2. The van der Waals surface area contributed by atoms with E-state index in [1.165, 1.54) is 0 Å². The number of rotatable bonds is 3. The van der Waals surface area contributed by atoms with Gasteiger partial charge in [-0.1, -0.05) is 29.3 Å². The highest BCUT2D eigenvalue weighted by molar-refractivity contribution is 6.35. The summed E-state index contributed by atoms with van der Waals surface area (Å²) in [7, 11) is 0. The van der Waals surface area contributed by atoms with Crippen LogP contribution in [-0.2, 0) is 6.61 Å². The van der Waals surface area contributed by atoms with Gasteiger partial charge in [0.25, 0.3) is 0 Å². The van der Waals surface area contributed by atoms with E-state index in [1.54, 1.807) is 24.3 Å². The van der Waals surface area contributed by atoms with Gasteiger partial charge in [-0.2, -0.15) is 0 Å². The van der Waals surface area contributed by atoms with Crippen LogP contribution in [0.5, 0.6) is 11.5 Å². The van der Waals surface area contributed by atoms with Gasteiger partial charge in [0.15, 0.2) is 5.76 Å². The molecule has 0 radical (unpaired) electrons. The standard InChI is InChI=1S/C19H16Cl2O3/c1-10(2)19-18(22)17-11(3)7-12(8-16(17)24-19)23-9-13-14(20)5-4-6-15(13)21/h4-8H,9H2,1-3H3. The molecule has 3 nitrogen and oxygen atoms in total. The van der Waals surface area contributed by atoms with Crippen molar-refractivity contribution >= 4 is 29.0 Å². The smallest absolute Gasteiger partial charge is 0.232 e. The SMILES string of the molecule is CC(C)=C1Oc2cc(OCc3c(Cl)cccc3Cl)cc(C)c2C1=O. The molecule has 0 atom stereocenters. The molecular weight excluding hydrogens is 347 g/mol. The lowest BCUT2D eigenvalue weighted by atomic mass is 10.0. The minimum Gasteiger partial charge on any atom is -0.489 e. The molecule has 0 aromatic heterocycles. The van der Waals surface area contributed by atoms with Gasteiger partial charge in [-0.25, -0.2) is 0 Å². The van der Waals surface area contributed by atoms with E-state index < -0.39 is 0 Å². The maximum absolute atomic E-state index is 12.4. The third-order valence-electron chi connectivity index (χ3n) is 3.82. The van der Waals surface area contributed by atoms with E-state index in [2.05, 4.69) is 0 Å². The van der Waals surface area contributed by atoms with Gasteiger partial charge in [0.05, 0.1) is 5.56 Å². The molecule has 3 rings (SSSR count). The van der Waals surface area contributed by atoms with E-state index in [9.17, 15) is 4.79 Å². The lowest BCUT2D eigenvalue weighted by molar-refractivity contribution is 0.101. The van der Waals surface area contributed by atoms with Gasteiger partial charge in [-0.15, -0.1) is 0 Å². The maximum Gasteiger partial charge on any atom is 0.232 e. The Morgan fingerprint density at radius 3 is 2.46 bits per heavy atom. The van der Waals surface area contributed by atoms with Crippen LogP contribution >= 0.6 is 23.2 Å². The highest BCUT2D eigenvalue weighted by Gasteiger charge is 2.30. The van der Waals surface area contributed by atoms with E-state index in [0.717, 1.165) is 16.7 Å². The number of aryl methyl sites for hydroxylation is 1. The monoisotopic (exact) mass is 362 g/mol. The predicted octanol–water partition coefficient (Wildman–Crippen LogP) is 5.75. The minimum absolute atomic E-state index is 0.0804. The number of carbonyl (C=O) groups excluding carboxylic acids is 1. The highest BCUT2D eigenvalue weighted by atomic mass is 35.5. The van der Waals surface area contributed by atoms with Crippen molar-refractivity contribution in [1.82, 2.24) is 0 Å². The van der Waals surface area contributed by atoms with Crippen molar-refractivity contribution < 1.29 is 14.3 Å². The van der Waals surface area contributed by atoms with Gasteiger partial charge in [-0.05, 0) is 50.1 Å². The first kappa shape index (κ1) is 16.9. The molecule has 1 heterocycles. The molecule has 0 saturated heterocycles. The number of fused-ring (bicyclic) bond motifs is 1. The summed E-state index contributed by atoms with van der Waals surface area (Å²) in [6.45, 7) is 5.81. The van der Waals surface area contributed by atoms with Crippen molar-refractivity contribution in [1.29, 1.82) is 0 Å². The van der Waals surface area contributed by atoms with Crippen molar-refractivity contribution in [3.63, 3.8) is 0 Å². The molecule has 5 heteroatoms. The van der Waals surface area contributed by atoms with Crippen LogP contribution in [-0.4, -0.2) is 5.78 Å². The number of Topliss-reactive ketones (excluding diaryl/α,β-unsaturated/α-hetero) is 1. The molecule has 1 aliphatic heterocycles. The van der Waals surface area contributed by atoms with Gasteiger partial charge in [0.1, 0.15) is 18.1 Å². The van der Waals surface area contributed by atoms with Crippen LogP contribution in [0.1, 0.15) is 35.3 Å². The largest absolute Gasteiger partial charge is 0.489 e. The second kappa shape index (κ2) is 6.50. The van der Waals surface area contributed by atoms with Crippen LogP contribution in [0.25, 0.3) is 0 Å². The number of ketones is 1. The molecule has 0 amide bonds. The average Bonchev–Trinajstić information content (AvgIpc) is 2.84. The van der Waals surface area contributed by atoms with Gasteiger partial charge < -0.3 is 9.47 Å². The van der Waals surface area contributed by atoms with Crippen molar-refractivity contribution in [2.24, 2.45) is 0 Å². The summed E-state index contributed by atoms with van der Waals surface area (Å²) in [6, 6.07) is 8.86. The fraction of sp³-hybridized carbons (Fsp3) is 0.211. The fourth-order valence-corrected chi connectivity index (χ4v) is 3.11. The zero-order valence-electron chi connectivity index (χ0n) is 13.6. The van der Waals surface area contributed by atoms with Crippen LogP contribution in [0.3, 0.4) is 0 Å². The Hall–Kier alpha value is -1.97. The van der Waals surface area contributed by atoms with E-state index >= 15 is 0 Å². The van der Waals surface area contributed by atoms with Gasteiger partial charge in [-0.3, -0.25) is 4.79 Å². The Labute approximate surface area is 150 Å². The summed E-state index contributed by atoms with van der Waals surface area (Å²) in [5.41, 5.74) is 2.98. The Bertz CT molecular complexity index is 845. The molecular formula is C19H16Cl2O3. The van der Waals surface area contributed by atoms with Crippen LogP contribution in [0.2, 0.25) is 10.0 Å². The average molecular weight is 363 g/mol. The van der Waals surface area contributed by atoms with Crippen molar-refractivity contribution in [3.8, 4) is 11.5 Å². The molecule has 2 aromatic rings. The molecule has 2 aromatic carbocycles. The summed E-state index contributed by atoms with van der Waals surface area (Å²) in [4.78, 5) is 12.4. The Balaban J connectivity index is 1.88. The Morgan fingerprint density at radius 1 is 1.17 bits per heavy atom. The first-order chi connectivity index (χ1) is 11.4. The maximum atomic E-state index is 12.4. The second-order valence-corrected chi connectivity index (χ2v) is 6.68. The topological polar surface area (TPSA) is 35.5 Å². The number of allylic oxidation sites excluding steroid dienone is 2. The van der Waals surface area contributed by atoms with E-state index in [-0.39, 0.29) is 12.4 Å². The predicted molar refractivity (Wildman–Crippen MR) is 95.3 cm³/mol. The van der Waals surface area contributed by atoms with Gasteiger partial charge >= 0.3 is 0 Å². The summed E-state index contributed by atoms with van der Waals surface area (Å²) in [5.74, 6) is 1.43. The summed E-state index contributed by atoms with van der Waals surface area (Å²) in [5, 5.41) is 1.11. The van der Waals surface area contributed by atoms with Crippen LogP contribution in [0.15, 0.2) is 41.7 Å². The van der Waals surface area contributed by atoms with E-state index in [1.807, 2.05) is 26.8 Å². The molecule has 0 bridgehead atoms. The highest BCUT2D eigenvalue weighted by Crippen LogP contribution is 2.38. The normalized spacial score (nSPS) is 12.9. The van der Waals surface area contributed by atoms with Crippen molar-refractivity contribution in [3.05, 3.63) is 68.4 Å². The fourth-order valence-electron chi connectivity index (χ4n) is 2.60. The second-order valence-electron chi connectivity index (χ2n) is 5.86. The zero-order chi connectivity index (χ0) is 17.4. The molecule has 0 spiro atoms. The molecule has 0 fully saturated rings. The van der Waals surface area contributed by atoms with Crippen molar-refractivity contribution in [2.75, 3.05) is 0 Å². The molecule has 0 aliphatic carbocycles.